The van der Waals surface area contributed by atoms with E-state index in [2.05, 4.69) is 10.6 Å². The first kappa shape index (κ1) is 13.6. The molecule has 0 saturated carbocycles. The molecule has 2 atom stereocenters. The van der Waals surface area contributed by atoms with Crippen molar-refractivity contribution in [3.63, 3.8) is 0 Å². The van der Waals surface area contributed by atoms with Crippen molar-refractivity contribution >= 4 is 17.1 Å². The largest absolute Gasteiger partial charge is 0.382 e. The van der Waals surface area contributed by atoms with Crippen LogP contribution in [0.1, 0.15) is 19.8 Å². The van der Waals surface area contributed by atoms with E-state index in [0.717, 1.165) is 19.4 Å². The van der Waals surface area contributed by atoms with Crippen molar-refractivity contribution in [1.82, 2.24) is 0 Å². The quantitative estimate of drug-likeness (QED) is 0.632. The normalized spacial score (nSPS) is 20.0. The lowest BCUT2D eigenvalue weighted by Crippen LogP contribution is -2.30. The smallest absolute Gasteiger partial charge is 0.315 e. The molecule has 2 rings (SSSR count). The van der Waals surface area contributed by atoms with Gasteiger partial charge in [0.05, 0.1) is 11.0 Å². The monoisotopic (exact) mass is 265 g/mol. The lowest BCUT2D eigenvalue weighted by molar-refractivity contribution is -0.383. The van der Waals surface area contributed by atoms with Gasteiger partial charge in [0, 0.05) is 19.7 Å². The van der Waals surface area contributed by atoms with Crippen LogP contribution in [0.25, 0.3) is 0 Å². The summed E-state index contributed by atoms with van der Waals surface area (Å²) in [6.45, 7) is 2.76. The average Bonchev–Trinajstić information content (AvgIpc) is 2.92. The molecule has 0 radical (unpaired) electrons. The Balaban J connectivity index is 2.21. The molecule has 104 valence electrons. The second-order valence-corrected chi connectivity index (χ2v) is 4.69. The Kier molecular flexibility index (Phi) is 4.21. The summed E-state index contributed by atoms with van der Waals surface area (Å²) in [6, 6.07) is 5.27. The molecule has 1 aromatic carbocycles. The van der Waals surface area contributed by atoms with Gasteiger partial charge < -0.3 is 15.4 Å². The third-order valence-electron chi connectivity index (χ3n) is 3.39. The number of anilines is 2. The summed E-state index contributed by atoms with van der Waals surface area (Å²) in [5, 5.41) is 17.2. The van der Waals surface area contributed by atoms with Crippen molar-refractivity contribution in [2.75, 3.05) is 24.3 Å². The molecule has 1 saturated heterocycles. The molecule has 1 aliphatic heterocycles. The molecule has 1 heterocycles. The van der Waals surface area contributed by atoms with Gasteiger partial charge in [-0.3, -0.25) is 10.1 Å². The van der Waals surface area contributed by atoms with Crippen molar-refractivity contribution in [2.24, 2.45) is 0 Å². The Morgan fingerprint density at radius 3 is 2.79 bits per heavy atom. The third kappa shape index (κ3) is 2.96. The predicted octanol–water partition coefficient (Wildman–Crippen LogP) is 2.62. The van der Waals surface area contributed by atoms with E-state index >= 15 is 0 Å². The van der Waals surface area contributed by atoms with Gasteiger partial charge in [-0.1, -0.05) is 6.07 Å². The number of nitro benzene ring substituents is 1. The van der Waals surface area contributed by atoms with Crippen molar-refractivity contribution in [2.45, 2.75) is 31.9 Å². The van der Waals surface area contributed by atoms with Crippen LogP contribution in [-0.4, -0.2) is 30.7 Å². The molecule has 6 heteroatoms. The second kappa shape index (κ2) is 5.88. The van der Waals surface area contributed by atoms with E-state index in [1.165, 1.54) is 0 Å². The Hall–Kier alpha value is -1.82. The fourth-order valence-corrected chi connectivity index (χ4v) is 2.39. The number of nitro groups is 1. The lowest BCUT2D eigenvalue weighted by Gasteiger charge is -2.21. The molecule has 19 heavy (non-hydrogen) atoms. The summed E-state index contributed by atoms with van der Waals surface area (Å²) in [5.74, 6) is 0. The maximum absolute atomic E-state index is 11.2. The maximum Gasteiger partial charge on any atom is 0.315 e. The summed E-state index contributed by atoms with van der Waals surface area (Å²) in [5.41, 5.74) is 1.12. The highest BCUT2D eigenvalue weighted by Crippen LogP contribution is 2.33. The van der Waals surface area contributed by atoms with Crippen molar-refractivity contribution in [3.05, 3.63) is 28.3 Å². The van der Waals surface area contributed by atoms with Gasteiger partial charge in [-0.2, -0.15) is 0 Å². The van der Waals surface area contributed by atoms with Gasteiger partial charge in [0.2, 0.25) is 0 Å². The molecule has 0 aliphatic carbocycles. The first-order valence-corrected chi connectivity index (χ1v) is 6.46. The number of rotatable bonds is 5. The fraction of sp³-hybridized carbons (Fsp3) is 0.538. The van der Waals surface area contributed by atoms with Gasteiger partial charge >= 0.3 is 5.69 Å². The maximum atomic E-state index is 11.2. The molecule has 0 aromatic heterocycles. The highest BCUT2D eigenvalue weighted by Gasteiger charge is 2.25. The minimum Gasteiger partial charge on any atom is -0.382 e. The SMILES string of the molecule is CNc1cccc(NC(C)C2CCCO2)c1[N+](=O)[O-]. The lowest BCUT2D eigenvalue weighted by atomic mass is 10.1. The molecule has 1 fully saturated rings. The van der Waals surface area contributed by atoms with Gasteiger partial charge in [-0.05, 0) is 31.9 Å². The number of para-hydroxylation sites is 1. The number of nitrogens with one attached hydrogen (secondary N) is 2. The first-order valence-electron chi connectivity index (χ1n) is 6.46. The van der Waals surface area contributed by atoms with Gasteiger partial charge in [-0.15, -0.1) is 0 Å². The number of hydrogen-bond donors (Lipinski definition) is 2. The highest BCUT2D eigenvalue weighted by molar-refractivity contribution is 5.76. The van der Waals surface area contributed by atoms with E-state index in [4.69, 9.17) is 4.74 Å². The zero-order valence-electron chi connectivity index (χ0n) is 11.2. The van der Waals surface area contributed by atoms with Crippen LogP contribution in [0.2, 0.25) is 0 Å². The van der Waals surface area contributed by atoms with Crippen LogP contribution in [0.5, 0.6) is 0 Å². The van der Waals surface area contributed by atoms with E-state index in [1.54, 1.807) is 25.2 Å². The zero-order chi connectivity index (χ0) is 13.8. The van der Waals surface area contributed by atoms with Crippen molar-refractivity contribution < 1.29 is 9.66 Å². The predicted molar refractivity (Wildman–Crippen MR) is 74.7 cm³/mol. The average molecular weight is 265 g/mol. The number of ether oxygens (including phenoxy) is 1. The number of hydrogen-bond acceptors (Lipinski definition) is 5. The summed E-state index contributed by atoms with van der Waals surface area (Å²) >= 11 is 0. The molecule has 2 unspecified atom stereocenters. The molecule has 1 aliphatic rings. The van der Waals surface area contributed by atoms with E-state index < -0.39 is 0 Å². The first-order chi connectivity index (χ1) is 9.13. The van der Waals surface area contributed by atoms with E-state index in [-0.39, 0.29) is 22.8 Å². The summed E-state index contributed by atoms with van der Waals surface area (Å²) < 4.78 is 5.60. The highest BCUT2D eigenvalue weighted by atomic mass is 16.6. The summed E-state index contributed by atoms with van der Waals surface area (Å²) in [4.78, 5) is 10.8. The molecule has 1 aromatic rings. The van der Waals surface area contributed by atoms with E-state index in [1.807, 2.05) is 6.92 Å². The van der Waals surface area contributed by atoms with Crippen LogP contribution in [0.3, 0.4) is 0 Å². The van der Waals surface area contributed by atoms with Crippen LogP contribution in [0, 0.1) is 10.1 Å². The standard InChI is InChI=1S/C13H19N3O3/c1-9(12-7-4-8-19-12)15-11-6-3-5-10(14-2)13(11)16(17)18/h3,5-6,9,12,14-15H,4,7-8H2,1-2H3. The molecule has 6 nitrogen and oxygen atoms in total. The molecule has 2 N–H and O–H groups in total. The minimum atomic E-state index is -0.365. The third-order valence-corrected chi connectivity index (χ3v) is 3.39. The van der Waals surface area contributed by atoms with Gasteiger partial charge in [0.15, 0.2) is 0 Å². The summed E-state index contributed by atoms with van der Waals surface area (Å²) in [6.07, 6.45) is 2.17. The second-order valence-electron chi connectivity index (χ2n) is 4.69. The van der Waals surface area contributed by atoms with Crippen LogP contribution in [-0.2, 0) is 4.74 Å². The zero-order valence-corrected chi connectivity index (χ0v) is 11.2. The van der Waals surface area contributed by atoms with E-state index in [0.29, 0.717) is 11.4 Å². The molecule has 0 spiro atoms. The van der Waals surface area contributed by atoms with Crippen LogP contribution in [0.4, 0.5) is 17.1 Å². The topological polar surface area (TPSA) is 76.4 Å². The van der Waals surface area contributed by atoms with Gasteiger partial charge in [0.25, 0.3) is 0 Å². The van der Waals surface area contributed by atoms with Crippen LogP contribution >= 0.6 is 0 Å². The van der Waals surface area contributed by atoms with Crippen molar-refractivity contribution in [3.8, 4) is 0 Å². The molecular formula is C13H19N3O3. The Labute approximate surface area is 112 Å². The Bertz CT molecular complexity index is 458. The number of benzene rings is 1. The molecule has 0 amide bonds. The minimum absolute atomic E-state index is 0.0494. The summed E-state index contributed by atoms with van der Waals surface area (Å²) in [7, 11) is 1.68. The molecule has 0 bridgehead atoms. The van der Waals surface area contributed by atoms with Gasteiger partial charge in [0.1, 0.15) is 11.4 Å². The molecular weight excluding hydrogens is 246 g/mol. The van der Waals surface area contributed by atoms with Crippen molar-refractivity contribution in [1.29, 1.82) is 0 Å². The van der Waals surface area contributed by atoms with Crippen LogP contribution < -0.4 is 10.6 Å². The Morgan fingerprint density at radius 1 is 1.47 bits per heavy atom. The number of nitrogens with zero attached hydrogens (tertiary/aromatic N) is 1. The fourth-order valence-electron chi connectivity index (χ4n) is 2.39. The van der Waals surface area contributed by atoms with E-state index in [9.17, 15) is 10.1 Å². The Morgan fingerprint density at radius 2 is 2.21 bits per heavy atom. The van der Waals surface area contributed by atoms with Crippen LogP contribution in [0.15, 0.2) is 18.2 Å². The van der Waals surface area contributed by atoms with Gasteiger partial charge in [-0.25, -0.2) is 0 Å².